The van der Waals surface area contributed by atoms with Crippen LogP contribution in [0.5, 0.6) is 0 Å². The second kappa shape index (κ2) is 7.67. The van der Waals surface area contributed by atoms with Crippen LogP contribution in [-0.4, -0.2) is 22.4 Å². The van der Waals surface area contributed by atoms with Gasteiger partial charge in [-0.15, -0.1) is 6.58 Å². The van der Waals surface area contributed by atoms with Gasteiger partial charge in [0, 0.05) is 11.8 Å². The minimum Gasteiger partial charge on any atom is -0.393 e. The van der Waals surface area contributed by atoms with E-state index in [1.54, 1.807) is 6.92 Å². The van der Waals surface area contributed by atoms with Crippen molar-refractivity contribution in [1.82, 2.24) is 0 Å². The van der Waals surface area contributed by atoms with Crippen molar-refractivity contribution in [2.45, 2.75) is 53.2 Å². The van der Waals surface area contributed by atoms with Gasteiger partial charge in [-0.2, -0.15) is 0 Å². The summed E-state index contributed by atoms with van der Waals surface area (Å²) < 4.78 is 0. The minimum atomic E-state index is -0.504. The fourth-order valence-electron chi connectivity index (χ4n) is 1.84. The van der Waals surface area contributed by atoms with Crippen molar-refractivity contribution in [3.63, 3.8) is 0 Å². The van der Waals surface area contributed by atoms with E-state index < -0.39 is 6.10 Å². The third kappa shape index (κ3) is 6.04. The Morgan fingerprint density at radius 2 is 1.71 bits per heavy atom. The Morgan fingerprint density at radius 1 is 1.18 bits per heavy atom. The Labute approximate surface area is 106 Å². The summed E-state index contributed by atoms with van der Waals surface area (Å²) in [6.45, 7) is 13.8. The predicted octanol–water partition coefficient (Wildman–Crippen LogP) is 3.16. The summed E-state index contributed by atoms with van der Waals surface area (Å²) in [5.41, 5.74) is 1.03. The molecule has 0 spiro atoms. The molecule has 0 radical (unpaired) electrons. The molecule has 0 aliphatic heterocycles. The van der Waals surface area contributed by atoms with Gasteiger partial charge in [-0.1, -0.05) is 38.5 Å². The van der Waals surface area contributed by atoms with Crippen LogP contribution in [0, 0.1) is 17.8 Å². The van der Waals surface area contributed by atoms with E-state index in [9.17, 15) is 10.2 Å². The molecule has 17 heavy (non-hydrogen) atoms. The normalized spacial score (nSPS) is 19.9. The molecule has 0 amide bonds. The van der Waals surface area contributed by atoms with Crippen LogP contribution < -0.4 is 0 Å². The van der Waals surface area contributed by atoms with Gasteiger partial charge in [0.05, 0.1) is 12.2 Å². The standard InChI is InChI=1S/C15H28O2/c1-7-14(8-10(2)3)15(17)9-11(4)12(5)13(6)16/h7,9-10,12-17H,1,8H2,2-6H3. The first-order valence-electron chi connectivity index (χ1n) is 6.46. The molecule has 0 aliphatic rings. The second-order valence-electron chi connectivity index (χ2n) is 5.46. The molecule has 0 aromatic heterocycles. The lowest BCUT2D eigenvalue weighted by Gasteiger charge is -2.22. The monoisotopic (exact) mass is 240 g/mol. The maximum atomic E-state index is 10.1. The lowest BCUT2D eigenvalue weighted by atomic mass is 9.89. The molecule has 0 fully saturated rings. The molecule has 2 heteroatoms. The fraction of sp³-hybridized carbons (Fsp3) is 0.733. The van der Waals surface area contributed by atoms with Crippen molar-refractivity contribution in [2.24, 2.45) is 17.8 Å². The van der Waals surface area contributed by atoms with Crippen LogP contribution in [0.15, 0.2) is 24.3 Å². The molecule has 0 saturated carbocycles. The van der Waals surface area contributed by atoms with Gasteiger partial charge in [-0.25, -0.2) is 0 Å². The van der Waals surface area contributed by atoms with Crippen LogP contribution >= 0.6 is 0 Å². The minimum absolute atomic E-state index is 0.0779. The largest absolute Gasteiger partial charge is 0.393 e. The van der Waals surface area contributed by atoms with Crippen molar-refractivity contribution in [2.75, 3.05) is 0 Å². The van der Waals surface area contributed by atoms with Crippen molar-refractivity contribution in [3.8, 4) is 0 Å². The van der Waals surface area contributed by atoms with E-state index >= 15 is 0 Å². The van der Waals surface area contributed by atoms with Gasteiger partial charge >= 0.3 is 0 Å². The molecule has 100 valence electrons. The topological polar surface area (TPSA) is 40.5 Å². The summed E-state index contributed by atoms with van der Waals surface area (Å²) in [4.78, 5) is 0. The van der Waals surface area contributed by atoms with Gasteiger partial charge in [0.15, 0.2) is 0 Å². The third-order valence-corrected chi connectivity index (χ3v) is 3.36. The van der Waals surface area contributed by atoms with Crippen LogP contribution in [0.2, 0.25) is 0 Å². The zero-order valence-electron chi connectivity index (χ0n) is 11.9. The second-order valence-corrected chi connectivity index (χ2v) is 5.46. The van der Waals surface area contributed by atoms with E-state index in [1.165, 1.54) is 0 Å². The molecular weight excluding hydrogens is 212 g/mol. The molecule has 0 aliphatic carbocycles. The van der Waals surface area contributed by atoms with E-state index in [2.05, 4.69) is 20.4 Å². The highest BCUT2D eigenvalue weighted by Crippen LogP contribution is 2.21. The van der Waals surface area contributed by atoms with Gasteiger partial charge in [0.25, 0.3) is 0 Å². The molecule has 0 aromatic rings. The molecule has 2 N–H and O–H groups in total. The zero-order valence-corrected chi connectivity index (χ0v) is 11.9. The molecule has 4 unspecified atom stereocenters. The molecule has 0 rings (SSSR count). The third-order valence-electron chi connectivity index (χ3n) is 3.36. The van der Waals surface area contributed by atoms with Gasteiger partial charge < -0.3 is 10.2 Å². The molecule has 0 heterocycles. The predicted molar refractivity (Wildman–Crippen MR) is 73.8 cm³/mol. The molecule has 0 saturated heterocycles. The quantitative estimate of drug-likeness (QED) is 0.671. The summed E-state index contributed by atoms with van der Waals surface area (Å²) in [6, 6.07) is 0. The fourth-order valence-corrected chi connectivity index (χ4v) is 1.84. The maximum Gasteiger partial charge on any atom is 0.0786 e. The maximum absolute atomic E-state index is 10.1. The number of hydrogen-bond donors (Lipinski definition) is 2. The van der Waals surface area contributed by atoms with Crippen LogP contribution in [0.4, 0.5) is 0 Å². The van der Waals surface area contributed by atoms with Gasteiger partial charge in [0.1, 0.15) is 0 Å². The van der Waals surface area contributed by atoms with E-state index in [-0.39, 0.29) is 17.9 Å². The zero-order chi connectivity index (χ0) is 13.6. The van der Waals surface area contributed by atoms with Crippen molar-refractivity contribution >= 4 is 0 Å². The average molecular weight is 240 g/mol. The Hall–Kier alpha value is -0.600. The number of aliphatic hydroxyl groups excluding tert-OH is 2. The Bertz CT molecular complexity index is 254. The van der Waals surface area contributed by atoms with E-state index in [1.807, 2.05) is 26.0 Å². The van der Waals surface area contributed by atoms with Gasteiger partial charge in [-0.3, -0.25) is 0 Å². The molecule has 0 bridgehead atoms. The van der Waals surface area contributed by atoms with Crippen molar-refractivity contribution in [1.29, 1.82) is 0 Å². The summed E-state index contributed by atoms with van der Waals surface area (Å²) in [7, 11) is 0. The van der Waals surface area contributed by atoms with Crippen LogP contribution in [0.3, 0.4) is 0 Å². The summed E-state index contributed by atoms with van der Waals surface area (Å²) >= 11 is 0. The van der Waals surface area contributed by atoms with Gasteiger partial charge in [-0.05, 0) is 26.2 Å². The Morgan fingerprint density at radius 3 is 2.06 bits per heavy atom. The highest BCUT2D eigenvalue weighted by Gasteiger charge is 2.17. The molecule has 2 nitrogen and oxygen atoms in total. The van der Waals surface area contributed by atoms with E-state index in [0.29, 0.717) is 5.92 Å². The van der Waals surface area contributed by atoms with E-state index in [0.717, 1.165) is 12.0 Å². The summed E-state index contributed by atoms with van der Waals surface area (Å²) in [6.07, 6.45) is 3.72. The van der Waals surface area contributed by atoms with E-state index in [4.69, 9.17) is 0 Å². The smallest absolute Gasteiger partial charge is 0.0786 e. The summed E-state index contributed by atoms with van der Waals surface area (Å²) in [5, 5.41) is 19.6. The van der Waals surface area contributed by atoms with Crippen LogP contribution in [0.1, 0.15) is 41.0 Å². The Kier molecular flexibility index (Phi) is 7.40. The first kappa shape index (κ1) is 16.4. The van der Waals surface area contributed by atoms with Crippen LogP contribution in [0.25, 0.3) is 0 Å². The molecular formula is C15H28O2. The van der Waals surface area contributed by atoms with Crippen LogP contribution in [-0.2, 0) is 0 Å². The average Bonchev–Trinajstić information content (AvgIpc) is 2.23. The highest BCUT2D eigenvalue weighted by molar-refractivity contribution is 5.09. The molecule has 4 atom stereocenters. The van der Waals surface area contributed by atoms with Gasteiger partial charge in [0.2, 0.25) is 0 Å². The first-order chi connectivity index (χ1) is 7.79. The van der Waals surface area contributed by atoms with Crippen molar-refractivity contribution < 1.29 is 10.2 Å². The number of rotatable bonds is 7. The highest BCUT2D eigenvalue weighted by atomic mass is 16.3. The number of aliphatic hydroxyl groups is 2. The lowest BCUT2D eigenvalue weighted by molar-refractivity contribution is 0.144. The Balaban J connectivity index is 4.62. The summed E-state index contributed by atoms with van der Waals surface area (Å²) in [5.74, 6) is 0.704. The number of hydrogen-bond acceptors (Lipinski definition) is 2. The SMILES string of the molecule is C=CC(CC(C)C)C(O)C=C(C)C(C)C(C)O. The lowest BCUT2D eigenvalue weighted by Crippen LogP contribution is -2.21. The molecule has 0 aromatic carbocycles. The van der Waals surface area contributed by atoms with Crippen molar-refractivity contribution in [3.05, 3.63) is 24.3 Å². The first-order valence-corrected chi connectivity index (χ1v) is 6.46.